The monoisotopic (exact) mass is 293 g/mol. The van der Waals surface area contributed by atoms with Gasteiger partial charge < -0.3 is 14.4 Å². The summed E-state index contributed by atoms with van der Waals surface area (Å²) < 4.78 is 37.9. The lowest BCUT2D eigenvalue weighted by molar-refractivity contribution is 0.122. The summed E-state index contributed by atoms with van der Waals surface area (Å²) in [6, 6.07) is 0. The molecule has 0 atom stereocenters. The van der Waals surface area contributed by atoms with E-state index in [1.165, 1.54) is 7.11 Å². The number of anilines is 1. The maximum atomic E-state index is 11.9. The Kier molecular flexibility index (Phi) is 4.49. The molecule has 7 nitrogen and oxygen atoms in total. The maximum absolute atomic E-state index is 11.9. The highest BCUT2D eigenvalue weighted by atomic mass is 32.2. The Morgan fingerprint density at radius 3 is 2.83 bits per heavy atom. The van der Waals surface area contributed by atoms with Gasteiger partial charge in [0.1, 0.15) is 0 Å². The second-order valence-electron chi connectivity index (χ2n) is 3.77. The third kappa shape index (κ3) is 3.16. The van der Waals surface area contributed by atoms with Crippen molar-refractivity contribution in [1.29, 1.82) is 0 Å². The SMILES string of the molecule is COCCS(=O)(=O)c1nc(N2CCOCC2)ns1. The number of ether oxygens (including phenoxy) is 2. The van der Waals surface area contributed by atoms with E-state index in [-0.39, 0.29) is 16.7 Å². The van der Waals surface area contributed by atoms with E-state index >= 15 is 0 Å². The summed E-state index contributed by atoms with van der Waals surface area (Å²) >= 11 is 0.913. The first kappa shape index (κ1) is 13.7. The summed E-state index contributed by atoms with van der Waals surface area (Å²) in [6.45, 7) is 2.77. The molecule has 9 heteroatoms. The lowest BCUT2D eigenvalue weighted by atomic mass is 10.4. The molecule has 1 fully saturated rings. The van der Waals surface area contributed by atoms with E-state index < -0.39 is 9.84 Å². The Labute approximate surface area is 110 Å². The Morgan fingerprint density at radius 2 is 2.17 bits per heavy atom. The second-order valence-corrected chi connectivity index (χ2v) is 6.81. The molecule has 1 aliphatic heterocycles. The normalized spacial score (nSPS) is 17.1. The summed E-state index contributed by atoms with van der Waals surface area (Å²) in [5.41, 5.74) is 0. The topological polar surface area (TPSA) is 81.6 Å². The van der Waals surface area contributed by atoms with Crippen LogP contribution in [0, 0.1) is 0 Å². The maximum Gasteiger partial charge on any atom is 0.238 e. The van der Waals surface area contributed by atoms with Gasteiger partial charge in [-0.05, 0) is 0 Å². The van der Waals surface area contributed by atoms with Crippen molar-refractivity contribution in [2.45, 2.75) is 4.34 Å². The highest BCUT2D eigenvalue weighted by Crippen LogP contribution is 2.19. The van der Waals surface area contributed by atoms with Crippen LogP contribution in [0.3, 0.4) is 0 Å². The quantitative estimate of drug-likeness (QED) is 0.743. The molecule has 0 saturated carbocycles. The van der Waals surface area contributed by atoms with E-state index in [2.05, 4.69) is 9.36 Å². The molecule has 1 aromatic rings. The van der Waals surface area contributed by atoms with Crippen LogP contribution in [0.2, 0.25) is 0 Å². The summed E-state index contributed by atoms with van der Waals surface area (Å²) in [6.07, 6.45) is 0. The molecular weight excluding hydrogens is 278 g/mol. The third-order valence-corrected chi connectivity index (χ3v) is 5.33. The van der Waals surface area contributed by atoms with Gasteiger partial charge in [-0.3, -0.25) is 0 Å². The summed E-state index contributed by atoms with van der Waals surface area (Å²) in [4.78, 5) is 6.02. The molecule has 1 aliphatic rings. The van der Waals surface area contributed by atoms with Crippen LogP contribution in [0.5, 0.6) is 0 Å². The summed E-state index contributed by atoms with van der Waals surface area (Å²) in [7, 11) is -1.91. The average Bonchev–Trinajstić information content (AvgIpc) is 2.88. The van der Waals surface area contributed by atoms with Gasteiger partial charge in [-0.1, -0.05) is 0 Å². The molecule has 2 rings (SSSR count). The van der Waals surface area contributed by atoms with E-state index in [1.807, 2.05) is 4.90 Å². The molecule has 0 radical (unpaired) electrons. The number of aromatic nitrogens is 2. The Balaban J connectivity index is 2.09. The van der Waals surface area contributed by atoms with Gasteiger partial charge in [-0.25, -0.2) is 8.42 Å². The molecule has 0 amide bonds. The Bertz CT molecular complexity index is 482. The molecule has 0 N–H and O–H groups in total. The van der Waals surface area contributed by atoms with Gasteiger partial charge in [-0.15, -0.1) is 0 Å². The van der Waals surface area contributed by atoms with Crippen molar-refractivity contribution in [2.24, 2.45) is 0 Å². The van der Waals surface area contributed by atoms with Crippen LogP contribution in [-0.4, -0.2) is 63.5 Å². The van der Waals surface area contributed by atoms with E-state index in [0.29, 0.717) is 32.3 Å². The molecule has 0 bridgehead atoms. The van der Waals surface area contributed by atoms with Crippen molar-refractivity contribution in [3.05, 3.63) is 0 Å². The van der Waals surface area contributed by atoms with E-state index in [4.69, 9.17) is 9.47 Å². The fourth-order valence-electron chi connectivity index (χ4n) is 1.50. The van der Waals surface area contributed by atoms with Gasteiger partial charge in [0.25, 0.3) is 0 Å². The molecule has 2 heterocycles. The van der Waals surface area contributed by atoms with Gasteiger partial charge in [0, 0.05) is 31.7 Å². The Morgan fingerprint density at radius 1 is 1.44 bits per heavy atom. The van der Waals surface area contributed by atoms with Crippen LogP contribution < -0.4 is 4.90 Å². The van der Waals surface area contributed by atoms with E-state index in [1.54, 1.807) is 0 Å². The standard InChI is InChI=1S/C9H15N3O4S2/c1-15-6-7-18(13,14)9-10-8(11-17-9)12-2-4-16-5-3-12/h2-7H2,1H3. The smallest absolute Gasteiger partial charge is 0.238 e. The van der Waals surface area contributed by atoms with Crippen molar-refractivity contribution in [3.8, 4) is 0 Å². The molecule has 0 unspecified atom stereocenters. The second kappa shape index (κ2) is 5.91. The number of morpholine rings is 1. The molecular formula is C9H15N3O4S2. The number of sulfone groups is 1. The van der Waals surface area contributed by atoms with Gasteiger partial charge in [0.05, 0.1) is 25.6 Å². The summed E-state index contributed by atoms with van der Waals surface area (Å²) in [5, 5.41) is 0. The third-order valence-electron chi connectivity index (χ3n) is 2.51. The zero-order valence-corrected chi connectivity index (χ0v) is 11.7. The summed E-state index contributed by atoms with van der Waals surface area (Å²) in [5.74, 6) is 0.403. The molecule has 0 spiro atoms. The number of hydrogen-bond donors (Lipinski definition) is 0. The zero-order chi connectivity index (χ0) is 13.0. The van der Waals surface area contributed by atoms with E-state index in [9.17, 15) is 8.42 Å². The largest absolute Gasteiger partial charge is 0.384 e. The lowest BCUT2D eigenvalue weighted by Gasteiger charge is -2.25. The predicted molar refractivity (Wildman–Crippen MR) is 66.9 cm³/mol. The number of hydrogen-bond acceptors (Lipinski definition) is 8. The van der Waals surface area contributed by atoms with Crippen molar-refractivity contribution < 1.29 is 17.9 Å². The minimum atomic E-state index is -3.38. The van der Waals surface area contributed by atoms with Gasteiger partial charge >= 0.3 is 0 Å². The predicted octanol–water partition coefficient (Wildman–Crippen LogP) is -0.205. The van der Waals surface area contributed by atoms with Gasteiger partial charge in [0.15, 0.2) is 0 Å². The molecule has 102 valence electrons. The lowest BCUT2D eigenvalue weighted by Crippen LogP contribution is -2.36. The number of rotatable bonds is 5. The highest BCUT2D eigenvalue weighted by molar-refractivity contribution is 7.93. The van der Waals surface area contributed by atoms with Crippen molar-refractivity contribution in [3.63, 3.8) is 0 Å². The fourth-order valence-corrected chi connectivity index (χ4v) is 3.54. The number of methoxy groups -OCH3 is 1. The van der Waals surface area contributed by atoms with Crippen LogP contribution in [0.4, 0.5) is 5.95 Å². The first-order valence-electron chi connectivity index (χ1n) is 5.51. The van der Waals surface area contributed by atoms with Gasteiger partial charge in [-0.2, -0.15) is 9.36 Å². The number of nitrogens with zero attached hydrogens (tertiary/aromatic N) is 3. The van der Waals surface area contributed by atoms with Gasteiger partial charge in [0.2, 0.25) is 20.1 Å². The minimum absolute atomic E-state index is 0.0565. The van der Waals surface area contributed by atoms with Crippen LogP contribution in [0.1, 0.15) is 0 Å². The minimum Gasteiger partial charge on any atom is -0.384 e. The van der Waals surface area contributed by atoms with Crippen molar-refractivity contribution in [1.82, 2.24) is 9.36 Å². The zero-order valence-electron chi connectivity index (χ0n) is 10.0. The van der Waals surface area contributed by atoms with Crippen molar-refractivity contribution >= 4 is 27.3 Å². The highest BCUT2D eigenvalue weighted by Gasteiger charge is 2.23. The average molecular weight is 293 g/mol. The molecule has 18 heavy (non-hydrogen) atoms. The van der Waals surface area contributed by atoms with Crippen LogP contribution >= 0.6 is 11.5 Å². The van der Waals surface area contributed by atoms with Crippen LogP contribution in [0.25, 0.3) is 0 Å². The van der Waals surface area contributed by atoms with Crippen LogP contribution in [-0.2, 0) is 19.3 Å². The first-order valence-corrected chi connectivity index (χ1v) is 7.94. The van der Waals surface area contributed by atoms with E-state index in [0.717, 1.165) is 11.5 Å². The fraction of sp³-hybridized carbons (Fsp3) is 0.778. The van der Waals surface area contributed by atoms with Crippen molar-refractivity contribution in [2.75, 3.05) is 50.7 Å². The van der Waals surface area contributed by atoms with Crippen LogP contribution in [0.15, 0.2) is 4.34 Å². The first-order chi connectivity index (χ1) is 8.63. The Hall–Kier alpha value is -0.770. The molecule has 0 aliphatic carbocycles. The molecule has 0 aromatic carbocycles. The molecule has 1 saturated heterocycles. The molecule has 1 aromatic heterocycles.